The second-order valence-electron chi connectivity index (χ2n) is 4.25. The Balaban J connectivity index is 2.46. The fourth-order valence-electron chi connectivity index (χ4n) is 1.60. The van der Waals surface area contributed by atoms with Gasteiger partial charge in [0.1, 0.15) is 5.82 Å². The largest absolute Gasteiger partial charge is 0.419 e. The Morgan fingerprint density at radius 3 is 2.57 bits per heavy atom. The Labute approximate surface area is 122 Å². The highest BCUT2D eigenvalue weighted by atomic mass is 19.4. The summed E-state index contributed by atoms with van der Waals surface area (Å²) in [4.78, 5) is 7.72. The molecule has 0 radical (unpaired) electrons. The van der Waals surface area contributed by atoms with Gasteiger partial charge in [-0.15, -0.1) is 0 Å². The maximum atomic E-state index is 12.8. The van der Waals surface area contributed by atoms with Crippen LogP contribution in [0.3, 0.4) is 0 Å². The average molecular weight is 303 g/mol. The summed E-state index contributed by atoms with van der Waals surface area (Å²) < 4.78 is 38.3. The fraction of sp³-hybridized carbons (Fsp3) is 0.538. The number of pyridine rings is 1. The van der Waals surface area contributed by atoms with E-state index in [1.54, 1.807) is 7.05 Å². The molecule has 0 aromatic carbocycles. The first kappa shape index (κ1) is 17.1. The third-order valence-corrected chi connectivity index (χ3v) is 2.59. The van der Waals surface area contributed by atoms with E-state index in [1.165, 1.54) is 12.3 Å². The van der Waals surface area contributed by atoms with Gasteiger partial charge in [0.05, 0.1) is 5.56 Å². The number of nitrogens with one attached hydrogen (secondary N) is 3. The highest BCUT2D eigenvalue weighted by Crippen LogP contribution is 2.33. The molecule has 21 heavy (non-hydrogen) atoms. The molecule has 0 aliphatic carbocycles. The lowest BCUT2D eigenvalue weighted by Crippen LogP contribution is -2.39. The van der Waals surface area contributed by atoms with Gasteiger partial charge in [-0.05, 0) is 18.6 Å². The molecule has 1 aromatic heterocycles. The number of aliphatic imine (C=N–C) groups is 1. The summed E-state index contributed by atoms with van der Waals surface area (Å²) in [6.45, 7) is 3.54. The lowest BCUT2D eigenvalue weighted by Gasteiger charge is -2.14. The number of hydrogen-bond acceptors (Lipinski definition) is 3. The van der Waals surface area contributed by atoms with Crippen molar-refractivity contribution in [1.29, 1.82) is 0 Å². The molecule has 1 rings (SSSR count). The van der Waals surface area contributed by atoms with Gasteiger partial charge < -0.3 is 16.0 Å². The molecule has 0 fully saturated rings. The van der Waals surface area contributed by atoms with E-state index in [-0.39, 0.29) is 5.82 Å². The number of nitrogens with zero attached hydrogens (tertiary/aromatic N) is 2. The van der Waals surface area contributed by atoms with E-state index in [4.69, 9.17) is 0 Å². The highest BCUT2D eigenvalue weighted by Gasteiger charge is 2.33. The number of aromatic nitrogens is 1. The molecule has 0 amide bonds. The Bertz CT molecular complexity index is 459. The van der Waals surface area contributed by atoms with Crippen molar-refractivity contribution in [2.24, 2.45) is 4.99 Å². The first-order chi connectivity index (χ1) is 9.99. The van der Waals surface area contributed by atoms with Gasteiger partial charge in [-0.1, -0.05) is 6.92 Å². The highest BCUT2D eigenvalue weighted by molar-refractivity contribution is 5.79. The molecule has 0 saturated carbocycles. The van der Waals surface area contributed by atoms with Gasteiger partial charge in [0.2, 0.25) is 0 Å². The first-order valence-electron chi connectivity index (χ1n) is 6.69. The zero-order valence-corrected chi connectivity index (χ0v) is 12.1. The van der Waals surface area contributed by atoms with E-state index in [1.807, 2.05) is 6.92 Å². The van der Waals surface area contributed by atoms with Crippen LogP contribution in [0, 0.1) is 0 Å². The minimum Gasteiger partial charge on any atom is -0.368 e. The van der Waals surface area contributed by atoms with Crippen LogP contribution in [0.5, 0.6) is 0 Å². The number of halogens is 3. The van der Waals surface area contributed by atoms with Crippen molar-refractivity contribution < 1.29 is 13.2 Å². The van der Waals surface area contributed by atoms with Crippen LogP contribution in [0.4, 0.5) is 19.0 Å². The van der Waals surface area contributed by atoms with Crippen LogP contribution in [0.25, 0.3) is 0 Å². The van der Waals surface area contributed by atoms with E-state index in [2.05, 4.69) is 25.9 Å². The van der Waals surface area contributed by atoms with Crippen LogP contribution in [0.15, 0.2) is 23.3 Å². The van der Waals surface area contributed by atoms with E-state index < -0.39 is 11.7 Å². The molecule has 0 saturated heterocycles. The summed E-state index contributed by atoms with van der Waals surface area (Å²) >= 11 is 0. The zero-order chi connectivity index (χ0) is 15.7. The second kappa shape index (κ2) is 8.33. The molecule has 1 heterocycles. The van der Waals surface area contributed by atoms with Gasteiger partial charge in [0, 0.05) is 32.9 Å². The van der Waals surface area contributed by atoms with Gasteiger partial charge in [-0.2, -0.15) is 13.2 Å². The average Bonchev–Trinajstić information content (AvgIpc) is 2.46. The van der Waals surface area contributed by atoms with Crippen molar-refractivity contribution in [2.75, 3.05) is 32.0 Å². The maximum Gasteiger partial charge on any atom is 0.419 e. The SMILES string of the molecule is CCCNC(=NC)NCCNc1ncccc1C(F)(F)F. The summed E-state index contributed by atoms with van der Waals surface area (Å²) in [6.07, 6.45) is -2.13. The Hall–Kier alpha value is -1.99. The third-order valence-electron chi connectivity index (χ3n) is 2.59. The molecule has 5 nitrogen and oxygen atoms in total. The Kier molecular flexibility index (Phi) is 6.77. The predicted molar refractivity (Wildman–Crippen MR) is 77.4 cm³/mol. The van der Waals surface area contributed by atoms with Crippen LogP contribution in [0.2, 0.25) is 0 Å². The molecule has 118 valence electrons. The van der Waals surface area contributed by atoms with Gasteiger partial charge in [0.15, 0.2) is 5.96 Å². The van der Waals surface area contributed by atoms with Crippen molar-refractivity contribution in [3.05, 3.63) is 23.9 Å². The van der Waals surface area contributed by atoms with Crippen LogP contribution in [-0.2, 0) is 6.18 Å². The number of hydrogen-bond donors (Lipinski definition) is 3. The maximum absolute atomic E-state index is 12.8. The molecule has 0 unspecified atom stereocenters. The van der Waals surface area contributed by atoms with E-state index in [9.17, 15) is 13.2 Å². The molecule has 0 atom stereocenters. The smallest absolute Gasteiger partial charge is 0.368 e. The standard InChI is InChI=1S/C13H20F3N5/c1-3-6-20-12(17-2)21-9-8-19-11-10(13(14,15)16)5-4-7-18-11/h4-5,7H,3,6,8-9H2,1-2H3,(H,18,19)(H2,17,20,21). The van der Waals surface area contributed by atoms with Crippen molar-refractivity contribution in [3.8, 4) is 0 Å². The molecule has 0 bridgehead atoms. The summed E-state index contributed by atoms with van der Waals surface area (Å²) in [6, 6.07) is 2.27. The Morgan fingerprint density at radius 1 is 1.24 bits per heavy atom. The molecule has 3 N–H and O–H groups in total. The van der Waals surface area contributed by atoms with Gasteiger partial charge in [0.25, 0.3) is 0 Å². The van der Waals surface area contributed by atoms with E-state index in [0.717, 1.165) is 19.0 Å². The van der Waals surface area contributed by atoms with E-state index >= 15 is 0 Å². The Morgan fingerprint density at radius 2 is 1.95 bits per heavy atom. The van der Waals surface area contributed by atoms with Gasteiger partial charge in [-0.25, -0.2) is 4.98 Å². The quantitative estimate of drug-likeness (QED) is 0.428. The number of anilines is 1. The molecule has 8 heteroatoms. The van der Waals surface area contributed by atoms with Gasteiger partial charge >= 0.3 is 6.18 Å². The monoisotopic (exact) mass is 303 g/mol. The molecule has 0 spiro atoms. The first-order valence-corrected chi connectivity index (χ1v) is 6.69. The molecule has 1 aromatic rings. The summed E-state index contributed by atoms with van der Waals surface area (Å²) in [5.74, 6) is 0.457. The molecular weight excluding hydrogens is 283 g/mol. The number of rotatable bonds is 6. The molecule has 0 aliphatic rings. The normalized spacial score (nSPS) is 12.1. The van der Waals surface area contributed by atoms with Crippen LogP contribution >= 0.6 is 0 Å². The zero-order valence-electron chi connectivity index (χ0n) is 12.1. The third kappa shape index (κ3) is 5.88. The minimum absolute atomic E-state index is 0.164. The van der Waals surface area contributed by atoms with E-state index in [0.29, 0.717) is 19.0 Å². The fourth-order valence-corrected chi connectivity index (χ4v) is 1.60. The van der Waals surface area contributed by atoms with Crippen LogP contribution in [0.1, 0.15) is 18.9 Å². The predicted octanol–water partition coefficient (Wildman–Crippen LogP) is 2.09. The lowest BCUT2D eigenvalue weighted by molar-refractivity contribution is -0.137. The van der Waals surface area contributed by atoms with Crippen molar-refractivity contribution in [1.82, 2.24) is 15.6 Å². The lowest BCUT2D eigenvalue weighted by atomic mass is 10.2. The van der Waals surface area contributed by atoms with Crippen LogP contribution < -0.4 is 16.0 Å². The van der Waals surface area contributed by atoms with Crippen molar-refractivity contribution >= 4 is 11.8 Å². The molecule has 0 aliphatic heterocycles. The topological polar surface area (TPSA) is 61.3 Å². The number of alkyl halides is 3. The van der Waals surface area contributed by atoms with Crippen LogP contribution in [-0.4, -0.2) is 37.6 Å². The summed E-state index contributed by atoms with van der Waals surface area (Å²) in [7, 11) is 1.64. The second-order valence-corrected chi connectivity index (χ2v) is 4.25. The van der Waals surface area contributed by atoms with Crippen molar-refractivity contribution in [2.45, 2.75) is 19.5 Å². The molecular formula is C13H20F3N5. The number of guanidine groups is 1. The van der Waals surface area contributed by atoms with Crippen molar-refractivity contribution in [3.63, 3.8) is 0 Å². The summed E-state index contributed by atoms with van der Waals surface area (Å²) in [5, 5.41) is 8.75. The minimum atomic E-state index is -4.41. The van der Waals surface area contributed by atoms with Gasteiger partial charge in [-0.3, -0.25) is 4.99 Å². The summed E-state index contributed by atoms with van der Waals surface area (Å²) in [5.41, 5.74) is -0.765.